The molecule has 4 atom stereocenters. The Balaban J connectivity index is 1.76. The Bertz CT molecular complexity index is 417. The van der Waals surface area contributed by atoms with Crippen LogP contribution in [0.5, 0.6) is 0 Å². The van der Waals surface area contributed by atoms with Crippen LogP contribution in [0.15, 0.2) is 30.3 Å². The zero-order valence-corrected chi connectivity index (χ0v) is 12.7. The van der Waals surface area contributed by atoms with E-state index in [0.717, 1.165) is 6.54 Å². The van der Waals surface area contributed by atoms with Crippen LogP contribution < -0.4 is 5.73 Å². The van der Waals surface area contributed by atoms with Crippen molar-refractivity contribution in [3.8, 4) is 0 Å². The Hall–Kier alpha value is -0.860. The number of rotatable bonds is 2. The molecule has 1 aromatic rings. The molecular weight excluding hydrogens is 244 g/mol. The van der Waals surface area contributed by atoms with E-state index < -0.39 is 0 Å². The predicted molar refractivity (Wildman–Crippen MR) is 84.8 cm³/mol. The summed E-state index contributed by atoms with van der Waals surface area (Å²) in [5.74, 6) is 1.40. The SMILES string of the molecule is CC1CCN(C2CCCCC2c2ccccc2)CC1N. The second-order valence-electron chi connectivity index (χ2n) is 6.79. The van der Waals surface area contributed by atoms with Crippen LogP contribution in [0.1, 0.15) is 50.5 Å². The van der Waals surface area contributed by atoms with E-state index in [1.165, 1.54) is 44.2 Å². The molecule has 2 fully saturated rings. The lowest BCUT2D eigenvalue weighted by molar-refractivity contribution is 0.0835. The van der Waals surface area contributed by atoms with Crippen molar-refractivity contribution in [1.29, 1.82) is 0 Å². The first-order valence-corrected chi connectivity index (χ1v) is 8.30. The number of nitrogens with zero attached hydrogens (tertiary/aromatic N) is 1. The number of benzene rings is 1. The molecule has 1 saturated heterocycles. The molecule has 0 radical (unpaired) electrons. The average Bonchev–Trinajstić information content (AvgIpc) is 2.51. The van der Waals surface area contributed by atoms with Crippen LogP contribution in [-0.4, -0.2) is 30.1 Å². The Morgan fingerprint density at radius 1 is 1.05 bits per heavy atom. The van der Waals surface area contributed by atoms with Gasteiger partial charge in [-0.1, -0.05) is 50.1 Å². The summed E-state index contributed by atoms with van der Waals surface area (Å²) in [6.07, 6.45) is 6.72. The van der Waals surface area contributed by atoms with Gasteiger partial charge in [0.1, 0.15) is 0 Å². The Kier molecular flexibility index (Phi) is 4.42. The van der Waals surface area contributed by atoms with E-state index in [1.807, 2.05) is 0 Å². The highest BCUT2D eigenvalue weighted by molar-refractivity contribution is 5.22. The molecule has 2 aliphatic rings. The summed E-state index contributed by atoms with van der Waals surface area (Å²) in [6, 6.07) is 12.2. The lowest BCUT2D eigenvalue weighted by atomic mass is 9.78. The van der Waals surface area contributed by atoms with Crippen molar-refractivity contribution in [2.24, 2.45) is 11.7 Å². The molecule has 110 valence electrons. The maximum absolute atomic E-state index is 6.32. The molecule has 1 aliphatic heterocycles. The van der Waals surface area contributed by atoms with Gasteiger partial charge >= 0.3 is 0 Å². The fraction of sp³-hybridized carbons (Fsp3) is 0.667. The zero-order chi connectivity index (χ0) is 13.9. The zero-order valence-electron chi connectivity index (χ0n) is 12.7. The van der Waals surface area contributed by atoms with Crippen molar-refractivity contribution in [3.63, 3.8) is 0 Å². The highest BCUT2D eigenvalue weighted by atomic mass is 15.2. The van der Waals surface area contributed by atoms with Crippen molar-refractivity contribution in [2.45, 2.75) is 57.0 Å². The van der Waals surface area contributed by atoms with Crippen molar-refractivity contribution in [2.75, 3.05) is 13.1 Å². The lowest BCUT2D eigenvalue weighted by Crippen LogP contribution is -2.53. The van der Waals surface area contributed by atoms with E-state index in [9.17, 15) is 0 Å². The molecule has 1 aromatic carbocycles. The highest BCUT2D eigenvalue weighted by Crippen LogP contribution is 2.37. The minimum atomic E-state index is 0.363. The van der Waals surface area contributed by atoms with Gasteiger partial charge < -0.3 is 5.73 Å². The maximum Gasteiger partial charge on any atom is 0.0194 e. The van der Waals surface area contributed by atoms with Gasteiger partial charge in [0.2, 0.25) is 0 Å². The third kappa shape index (κ3) is 2.91. The lowest BCUT2D eigenvalue weighted by Gasteiger charge is -2.45. The Morgan fingerprint density at radius 2 is 1.80 bits per heavy atom. The van der Waals surface area contributed by atoms with Gasteiger partial charge in [0.15, 0.2) is 0 Å². The second kappa shape index (κ2) is 6.28. The van der Waals surface area contributed by atoms with Crippen LogP contribution in [0, 0.1) is 5.92 Å². The first-order valence-electron chi connectivity index (χ1n) is 8.30. The van der Waals surface area contributed by atoms with Gasteiger partial charge in [0.05, 0.1) is 0 Å². The summed E-state index contributed by atoms with van der Waals surface area (Å²) in [4.78, 5) is 2.70. The number of hydrogen-bond donors (Lipinski definition) is 1. The minimum absolute atomic E-state index is 0.363. The monoisotopic (exact) mass is 272 g/mol. The van der Waals surface area contributed by atoms with Gasteiger partial charge in [-0.3, -0.25) is 4.90 Å². The van der Waals surface area contributed by atoms with Crippen LogP contribution in [0.3, 0.4) is 0 Å². The molecule has 4 unspecified atom stereocenters. The van der Waals surface area contributed by atoms with Crippen LogP contribution >= 0.6 is 0 Å². The van der Waals surface area contributed by atoms with E-state index in [-0.39, 0.29) is 0 Å². The molecule has 1 heterocycles. The second-order valence-corrected chi connectivity index (χ2v) is 6.79. The van der Waals surface area contributed by atoms with E-state index >= 15 is 0 Å². The van der Waals surface area contributed by atoms with Gasteiger partial charge in [0.25, 0.3) is 0 Å². The molecule has 0 bridgehead atoms. The van der Waals surface area contributed by atoms with Gasteiger partial charge in [-0.25, -0.2) is 0 Å². The molecule has 0 amide bonds. The Labute approximate surface area is 123 Å². The quantitative estimate of drug-likeness (QED) is 0.894. The third-order valence-corrected chi connectivity index (χ3v) is 5.47. The number of likely N-dealkylation sites (tertiary alicyclic amines) is 1. The van der Waals surface area contributed by atoms with Crippen LogP contribution in [-0.2, 0) is 0 Å². The van der Waals surface area contributed by atoms with Crippen molar-refractivity contribution in [1.82, 2.24) is 4.90 Å². The minimum Gasteiger partial charge on any atom is -0.326 e. The molecule has 1 saturated carbocycles. The molecule has 1 aliphatic carbocycles. The number of nitrogens with two attached hydrogens (primary N) is 1. The Morgan fingerprint density at radius 3 is 2.55 bits per heavy atom. The molecule has 2 N–H and O–H groups in total. The first-order chi connectivity index (χ1) is 9.75. The fourth-order valence-corrected chi connectivity index (χ4v) is 4.06. The van der Waals surface area contributed by atoms with E-state index in [2.05, 4.69) is 42.2 Å². The molecule has 3 rings (SSSR count). The average molecular weight is 272 g/mol. The predicted octanol–water partition coefficient (Wildman–Crippen LogP) is 3.38. The third-order valence-electron chi connectivity index (χ3n) is 5.47. The smallest absolute Gasteiger partial charge is 0.0194 e. The van der Waals surface area contributed by atoms with E-state index in [1.54, 1.807) is 0 Å². The molecule has 2 nitrogen and oxygen atoms in total. The summed E-state index contributed by atoms with van der Waals surface area (Å²) in [5.41, 5.74) is 7.85. The van der Waals surface area contributed by atoms with Gasteiger partial charge in [-0.2, -0.15) is 0 Å². The molecule has 20 heavy (non-hydrogen) atoms. The van der Waals surface area contributed by atoms with Crippen molar-refractivity contribution >= 4 is 0 Å². The van der Waals surface area contributed by atoms with Crippen LogP contribution in [0.25, 0.3) is 0 Å². The maximum atomic E-state index is 6.32. The molecule has 0 spiro atoms. The summed E-state index contributed by atoms with van der Waals surface area (Å²) >= 11 is 0. The van der Waals surface area contributed by atoms with Crippen molar-refractivity contribution in [3.05, 3.63) is 35.9 Å². The van der Waals surface area contributed by atoms with Gasteiger partial charge in [-0.15, -0.1) is 0 Å². The molecule has 2 heteroatoms. The highest BCUT2D eigenvalue weighted by Gasteiger charge is 2.34. The molecule has 0 aromatic heterocycles. The molecular formula is C18H28N2. The van der Waals surface area contributed by atoms with Crippen LogP contribution in [0.2, 0.25) is 0 Å². The summed E-state index contributed by atoms with van der Waals surface area (Å²) in [7, 11) is 0. The van der Waals surface area contributed by atoms with Crippen molar-refractivity contribution < 1.29 is 0 Å². The number of hydrogen-bond acceptors (Lipinski definition) is 2. The van der Waals surface area contributed by atoms with Gasteiger partial charge in [0, 0.05) is 18.6 Å². The number of piperidine rings is 1. The topological polar surface area (TPSA) is 29.3 Å². The summed E-state index contributed by atoms with van der Waals surface area (Å²) in [5, 5.41) is 0. The van der Waals surface area contributed by atoms with E-state index in [0.29, 0.717) is 23.9 Å². The summed E-state index contributed by atoms with van der Waals surface area (Å²) in [6.45, 7) is 4.63. The van der Waals surface area contributed by atoms with Crippen LogP contribution in [0.4, 0.5) is 0 Å². The van der Waals surface area contributed by atoms with E-state index in [4.69, 9.17) is 5.73 Å². The standard InChI is InChI=1S/C18H28N2/c1-14-11-12-20(13-17(14)19)18-10-6-5-9-16(18)15-7-3-2-4-8-15/h2-4,7-8,14,16-18H,5-6,9-13,19H2,1H3. The van der Waals surface area contributed by atoms with Gasteiger partial charge in [-0.05, 0) is 43.2 Å². The fourth-order valence-electron chi connectivity index (χ4n) is 4.06. The summed E-state index contributed by atoms with van der Waals surface area (Å²) < 4.78 is 0. The normalized spacial score (nSPS) is 35.9. The largest absolute Gasteiger partial charge is 0.326 e. The first kappa shape index (κ1) is 14.1.